The predicted molar refractivity (Wildman–Crippen MR) is 124 cm³/mol. The van der Waals surface area contributed by atoms with Gasteiger partial charge in [-0.05, 0) is 36.8 Å². The van der Waals surface area contributed by atoms with E-state index in [0.29, 0.717) is 6.42 Å². The van der Waals surface area contributed by atoms with Gasteiger partial charge < -0.3 is 16.0 Å². The number of rotatable bonds is 10. The number of halogens is 4. The molecule has 1 aromatic rings. The first kappa shape index (κ1) is 24.8. The number of hydrogen-bond donors (Lipinski definition) is 3. The Kier molecular flexibility index (Phi) is 12.0. The quantitative estimate of drug-likeness (QED) is 0.148. The van der Waals surface area contributed by atoms with Gasteiger partial charge in [0.2, 0.25) is 9.70 Å². The summed E-state index contributed by atoms with van der Waals surface area (Å²) >= 11 is 26.6. The van der Waals surface area contributed by atoms with Crippen LogP contribution in [-0.4, -0.2) is 21.0 Å². The highest BCUT2D eigenvalue weighted by Gasteiger charge is 2.34. The highest BCUT2D eigenvalue weighted by molar-refractivity contribution is 9.10. The summed E-state index contributed by atoms with van der Waals surface area (Å²) < 4.78 is -0.847. The summed E-state index contributed by atoms with van der Waals surface area (Å²) in [6.07, 6.45) is 6.03. The van der Waals surface area contributed by atoms with Gasteiger partial charge in [0, 0.05) is 16.6 Å². The van der Waals surface area contributed by atoms with Gasteiger partial charge in [0.15, 0.2) is 5.11 Å². The molecule has 0 aromatic heterocycles. The molecule has 152 valence electrons. The van der Waals surface area contributed by atoms with E-state index in [2.05, 4.69) is 38.8 Å². The van der Waals surface area contributed by atoms with Crippen LogP contribution in [0.5, 0.6) is 0 Å². The number of thiocarbonyl (C=S) groups is 1. The fourth-order valence-electron chi connectivity index (χ4n) is 2.36. The van der Waals surface area contributed by atoms with E-state index >= 15 is 0 Å². The van der Waals surface area contributed by atoms with Gasteiger partial charge in [0.05, 0.1) is 0 Å². The van der Waals surface area contributed by atoms with Crippen molar-refractivity contribution in [2.75, 3.05) is 5.32 Å². The van der Waals surface area contributed by atoms with Crippen LogP contribution >= 0.6 is 63.0 Å². The number of anilines is 1. The van der Waals surface area contributed by atoms with E-state index in [4.69, 9.17) is 47.0 Å². The summed E-state index contributed by atoms with van der Waals surface area (Å²) in [7, 11) is 0. The van der Waals surface area contributed by atoms with Crippen molar-refractivity contribution < 1.29 is 4.79 Å². The van der Waals surface area contributed by atoms with E-state index in [-0.39, 0.29) is 11.0 Å². The maximum Gasteiger partial charge on any atom is 0.228 e. The Bertz CT molecular complexity index is 614. The number of amides is 1. The largest absolute Gasteiger partial charge is 0.339 e. The monoisotopic (exact) mass is 515 g/mol. The fourth-order valence-corrected chi connectivity index (χ4v) is 3.33. The Morgan fingerprint density at radius 3 is 2.44 bits per heavy atom. The summed E-state index contributed by atoms with van der Waals surface area (Å²) in [6.45, 7) is 2.17. The van der Waals surface area contributed by atoms with Gasteiger partial charge in [-0.15, -0.1) is 0 Å². The zero-order valence-electron chi connectivity index (χ0n) is 15.2. The third-order valence-corrected chi connectivity index (χ3v) is 5.12. The Hall–Kier alpha value is -0.270. The van der Waals surface area contributed by atoms with Crippen molar-refractivity contribution in [3.8, 4) is 0 Å². The number of hydrogen-bond acceptors (Lipinski definition) is 2. The molecule has 4 nitrogen and oxygen atoms in total. The Labute approximate surface area is 190 Å². The van der Waals surface area contributed by atoms with Gasteiger partial charge in [-0.1, -0.05) is 95.8 Å². The molecule has 1 aromatic carbocycles. The summed E-state index contributed by atoms with van der Waals surface area (Å²) in [6, 6.07) is 7.47. The topological polar surface area (TPSA) is 53.2 Å². The lowest BCUT2D eigenvalue weighted by Gasteiger charge is -2.27. The minimum absolute atomic E-state index is 0.181. The molecule has 1 atom stereocenters. The second kappa shape index (κ2) is 13.0. The Balaban J connectivity index is 2.48. The minimum atomic E-state index is -1.75. The average Bonchev–Trinajstić information content (AvgIpc) is 2.56. The van der Waals surface area contributed by atoms with Crippen LogP contribution in [0.4, 0.5) is 5.69 Å². The van der Waals surface area contributed by atoms with Gasteiger partial charge >= 0.3 is 0 Å². The number of carbonyl (C=O) groups is 1. The third-order valence-electron chi connectivity index (χ3n) is 3.75. The summed E-state index contributed by atoms with van der Waals surface area (Å²) in [5.41, 5.74) is 0.767. The number of carbonyl (C=O) groups excluding carboxylic acids is 1. The second-order valence-corrected chi connectivity index (χ2v) is 9.86. The van der Waals surface area contributed by atoms with Gasteiger partial charge in [-0.25, -0.2) is 0 Å². The van der Waals surface area contributed by atoms with Crippen molar-refractivity contribution in [2.45, 2.75) is 61.8 Å². The lowest BCUT2D eigenvalue weighted by Crippen LogP contribution is -2.56. The molecule has 0 aliphatic rings. The maximum absolute atomic E-state index is 12.2. The maximum atomic E-state index is 12.2. The van der Waals surface area contributed by atoms with Crippen LogP contribution in [0.25, 0.3) is 0 Å². The predicted octanol–water partition coefficient (Wildman–Crippen LogP) is 6.30. The van der Waals surface area contributed by atoms with E-state index < -0.39 is 9.96 Å². The van der Waals surface area contributed by atoms with Crippen LogP contribution in [0.3, 0.4) is 0 Å². The molecule has 0 aliphatic carbocycles. The molecule has 1 rings (SSSR count). The van der Waals surface area contributed by atoms with E-state index in [1.54, 1.807) is 0 Å². The van der Waals surface area contributed by atoms with Crippen molar-refractivity contribution in [3.63, 3.8) is 0 Å². The van der Waals surface area contributed by atoms with Crippen LogP contribution in [0.2, 0.25) is 0 Å². The first-order valence-electron chi connectivity index (χ1n) is 8.91. The van der Waals surface area contributed by atoms with E-state index in [0.717, 1.165) is 29.4 Å². The highest BCUT2D eigenvalue weighted by Crippen LogP contribution is 2.29. The molecule has 9 heteroatoms. The minimum Gasteiger partial charge on any atom is -0.339 e. The summed E-state index contributed by atoms with van der Waals surface area (Å²) in [5, 5.41) is 8.79. The third kappa shape index (κ3) is 11.3. The Morgan fingerprint density at radius 2 is 1.81 bits per heavy atom. The summed E-state index contributed by atoms with van der Waals surface area (Å²) in [5.74, 6) is -0.181. The molecule has 27 heavy (non-hydrogen) atoms. The fraction of sp³-hybridized carbons (Fsp3) is 0.556. The van der Waals surface area contributed by atoms with Crippen molar-refractivity contribution in [1.82, 2.24) is 10.6 Å². The normalized spacial score (nSPS) is 12.3. The van der Waals surface area contributed by atoms with Gasteiger partial charge in [0.25, 0.3) is 0 Å². The van der Waals surface area contributed by atoms with Crippen molar-refractivity contribution in [3.05, 3.63) is 28.7 Å². The number of alkyl halides is 3. The van der Waals surface area contributed by atoms with Crippen LogP contribution in [0, 0.1) is 0 Å². The van der Waals surface area contributed by atoms with Crippen molar-refractivity contribution >= 4 is 79.7 Å². The highest BCUT2D eigenvalue weighted by atomic mass is 79.9. The van der Waals surface area contributed by atoms with Gasteiger partial charge in [-0.2, -0.15) is 0 Å². The molecule has 0 bridgehead atoms. The lowest BCUT2D eigenvalue weighted by atomic mass is 10.1. The van der Waals surface area contributed by atoms with E-state index in [9.17, 15) is 4.79 Å². The number of benzene rings is 1. The molecule has 0 fully saturated rings. The van der Waals surface area contributed by atoms with Gasteiger partial charge in [-0.3, -0.25) is 4.79 Å². The van der Waals surface area contributed by atoms with E-state index in [1.807, 2.05) is 24.3 Å². The molecule has 1 amide bonds. The molecule has 0 radical (unpaired) electrons. The molecule has 3 N–H and O–H groups in total. The van der Waals surface area contributed by atoms with Crippen LogP contribution in [-0.2, 0) is 4.79 Å². The number of unbranched alkanes of at least 4 members (excludes halogenated alkanes) is 5. The lowest BCUT2D eigenvalue weighted by molar-refractivity contribution is -0.122. The standard InChI is InChI=1S/C18H25BrCl3N3OS/c1-2-3-4-5-6-7-11-15(26)24-16(18(20,21)22)25-17(27)23-14-10-8-9-13(19)12-14/h8-10,12,16H,2-7,11H2,1H3,(H,24,26)(H2,23,25,27). The molecule has 0 spiro atoms. The molecular weight excluding hydrogens is 493 g/mol. The first-order valence-corrected chi connectivity index (χ1v) is 11.2. The Morgan fingerprint density at radius 1 is 1.15 bits per heavy atom. The van der Waals surface area contributed by atoms with Crippen LogP contribution < -0.4 is 16.0 Å². The average molecular weight is 518 g/mol. The van der Waals surface area contributed by atoms with Crippen LogP contribution in [0.15, 0.2) is 28.7 Å². The zero-order valence-corrected chi connectivity index (χ0v) is 19.8. The number of nitrogens with one attached hydrogen (secondary N) is 3. The van der Waals surface area contributed by atoms with E-state index in [1.165, 1.54) is 19.3 Å². The molecule has 0 saturated heterocycles. The molecule has 0 aliphatic heterocycles. The second-order valence-electron chi connectivity index (χ2n) is 6.17. The molecular formula is C18H25BrCl3N3OS. The first-order chi connectivity index (χ1) is 12.7. The molecule has 0 heterocycles. The smallest absolute Gasteiger partial charge is 0.228 e. The van der Waals surface area contributed by atoms with Crippen LogP contribution in [0.1, 0.15) is 51.9 Å². The SMILES string of the molecule is CCCCCCCCC(=O)NC(NC(=S)Nc1cccc(Br)c1)C(Cl)(Cl)Cl. The zero-order chi connectivity index (χ0) is 20.3. The van der Waals surface area contributed by atoms with Crippen molar-refractivity contribution in [1.29, 1.82) is 0 Å². The molecule has 1 unspecified atom stereocenters. The van der Waals surface area contributed by atoms with Gasteiger partial charge in [0.1, 0.15) is 6.17 Å². The molecule has 0 saturated carbocycles. The summed E-state index contributed by atoms with van der Waals surface area (Å²) in [4.78, 5) is 12.2. The van der Waals surface area contributed by atoms with Crippen molar-refractivity contribution in [2.24, 2.45) is 0 Å².